The summed E-state index contributed by atoms with van der Waals surface area (Å²) in [5.41, 5.74) is 1.95. The van der Waals surface area contributed by atoms with Crippen molar-refractivity contribution in [3.63, 3.8) is 0 Å². The first-order chi connectivity index (χ1) is 12.2. The molecule has 1 aliphatic heterocycles. The zero-order valence-electron chi connectivity index (χ0n) is 14.1. The van der Waals surface area contributed by atoms with E-state index in [1.807, 2.05) is 52.6 Å². The molecule has 3 aromatic rings. The minimum Gasteiger partial charge on any atom is -0.469 e. The number of furan rings is 1. The number of ether oxygens (including phenoxy) is 1. The average molecular weight is 356 g/mol. The quantitative estimate of drug-likeness (QED) is 0.672. The summed E-state index contributed by atoms with van der Waals surface area (Å²) < 4.78 is 15.5. The van der Waals surface area contributed by atoms with Crippen molar-refractivity contribution in [2.45, 2.75) is 13.6 Å². The fourth-order valence-corrected chi connectivity index (χ4v) is 3.32. The van der Waals surface area contributed by atoms with Crippen molar-refractivity contribution in [3.8, 4) is 17.1 Å². The standard InChI is InChI=1S/C18H20N4O2S/c1-14-16(7-10-24-14)17-19-21(13-20-8-11-23-12-9-20)18(25)22(17)15-5-3-2-4-6-15/h2-7,10H,8-9,11-13H2,1H3. The molecule has 3 heterocycles. The second-order valence-corrected chi connectivity index (χ2v) is 6.40. The van der Waals surface area contributed by atoms with Gasteiger partial charge in [0.2, 0.25) is 4.77 Å². The maximum Gasteiger partial charge on any atom is 0.204 e. The Labute approximate surface area is 151 Å². The van der Waals surface area contributed by atoms with E-state index >= 15 is 0 Å². The zero-order chi connectivity index (χ0) is 17.2. The number of aryl methyl sites for hydroxylation is 1. The second-order valence-electron chi connectivity index (χ2n) is 6.04. The number of benzene rings is 1. The third-order valence-corrected chi connectivity index (χ3v) is 4.78. The van der Waals surface area contributed by atoms with E-state index in [0.29, 0.717) is 11.4 Å². The molecule has 0 N–H and O–H groups in total. The molecular formula is C18H20N4O2S. The van der Waals surface area contributed by atoms with Gasteiger partial charge in [-0.05, 0) is 37.3 Å². The van der Waals surface area contributed by atoms with E-state index in [2.05, 4.69) is 4.90 Å². The maximum atomic E-state index is 5.76. The summed E-state index contributed by atoms with van der Waals surface area (Å²) in [5.74, 6) is 1.63. The van der Waals surface area contributed by atoms with E-state index < -0.39 is 0 Å². The molecule has 25 heavy (non-hydrogen) atoms. The van der Waals surface area contributed by atoms with Crippen LogP contribution in [0.4, 0.5) is 0 Å². The van der Waals surface area contributed by atoms with Gasteiger partial charge < -0.3 is 9.15 Å². The molecule has 0 atom stereocenters. The maximum absolute atomic E-state index is 5.76. The van der Waals surface area contributed by atoms with Crippen molar-refractivity contribution in [2.75, 3.05) is 26.3 Å². The molecule has 7 heteroatoms. The van der Waals surface area contributed by atoms with Crippen molar-refractivity contribution < 1.29 is 9.15 Å². The largest absolute Gasteiger partial charge is 0.469 e. The summed E-state index contributed by atoms with van der Waals surface area (Å²) in [6.07, 6.45) is 1.68. The minimum atomic E-state index is 0.659. The van der Waals surface area contributed by atoms with Crippen LogP contribution < -0.4 is 0 Å². The van der Waals surface area contributed by atoms with E-state index in [-0.39, 0.29) is 0 Å². The number of nitrogens with zero attached hydrogens (tertiary/aromatic N) is 4. The van der Waals surface area contributed by atoms with Crippen LogP contribution in [-0.2, 0) is 11.4 Å². The summed E-state index contributed by atoms with van der Waals surface area (Å²) in [6, 6.07) is 12.0. The molecule has 0 unspecified atom stereocenters. The van der Waals surface area contributed by atoms with Gasteiger partial charge in [0.25, 0.3) is 0 Å². The van der Waals surface area contributed by atoms with Crippen molar-refractivity contribution in [2.24, 2.45) is 0 Å². The molecule has 0 spiro atoms. The number of rotatable bonds is 4. The van der Waals surface area contributed by atoms with Crippen LogP contribution in [0.3, 0.4) is 0 Å². The Morgan fingerprint density at radius 2 is 1.88 bits per heavy atom. The van der Waals surface area contributed by atoms with Crippen molar-refractivity contribution in [1.29, 1.82) is 0 Å². The van der Waals surface area contributed by atoms with E-state index in [1.54, 1.807) is 6.26 Å². The Balaban J connectivity index is 1.80. The van der Waals surface area contributed by atoms with Gasteiger partial charge in [-0.2, -0.15) is 0 Å². The predicted molar refractivity (Wildman–Crippen MR) is 97.2 cm³/mol. The molecule has 130 valence electrons. The molecule has 4 rings (SSSR count). The Bertz CT molecular complexity index is 907. The van der Waals surface area contributed by atoms with Gasteiger partial charge >= 0.3 is 0 Å². The fourth-order valence-electron chi connectivity index (χ4n) is 3.03. The predicted octanol–water partition coefficient (Wildman–Crippen LogP) is 3.26. The molecule has 1 saturated heterocycles. The van der Waals surface area contributed by atoms with Crippen molar-refractivity contribution >= 4 is 12.2 Å². The van der Waals surface area contributed by atoms with Crippen LogP contribution in [-0.4, -0.2) is 45.6 Å². The van der Waals surface area contributed by atoms with Crippen LogP contribution in [0.5, 0.6) is 0 Å². The van der Waals surface area contributed by atoms with Gasteiger partial charge in [0, 0.05) is 18.8 Å². The van der Waals surface area contributed by atoms with Gasteiger partial charge in [-0.1, -0.05) is 18.2 Å². The number of aromatic nitrogens is 3. The Hall–Kier alpha value is -2.22. The van der Waals surface area contributed by atoms with Gasteiger partial charge in [-0.15, -0.1) is 5.10 Å². The smallest absolute Gasteiger partial charge is 0.204 e. The molecule has 0 saturated carbocycles. The number of morpholine rings is 1. The Morgan fingerprint density at radius 3 is 2.56 bits per heavy atom. The SMILES string of the molecule is Cc1occc1-c1nn(CN2CCOCC2)c(=S)n1-c1ccccc1. The van der Waals surface area contributed by atoms with E-state index in [1.165, 1.54) is 0 Å². The van der Waals surface area contributed by atoms with Gasteiger partial charge in [-0.25, -0.2) is 4.68 Å². The van der Waals surface area contributed by atoms with Crippen LogP contribution in [0.25, 0.3) is 17.1 Å². The third-order valence-electron chi connectivity index (χ3n) is 4.39. The summed E-state index contributed by atoms with van der Waals surface area (Å²) in [6.45, 7) is 5.88. The summed E-state index contributed by atoms with van der Waals surface area (Å²) in [5, 5.41) is 4.82. The molecule has 6 nitrogen and oxygen atoms in total. The molecule has 0 amide bonds. The van der Waals surface area contributed by atoms with Crippen LogP contribution >= 0.6 is 12.2 Å². The van der Waals surface area contributed by atoms with E-state index in [4.69, 9.17) is 26.5 Å². The molecule has 1 fully saturated rings. The van der Waals surface area contributed by atoms with E-state index in [9.17, 15) is 0 Å². The highest BCUT2D eigenvalue weighted by atomic mass is 32.1. The fraction of sp³-hybridized carbons (Fsp3) is 0.333. The number of para-hydroxylation sites is 1. The molecule has 1 aliphatic rings. The van der Waals surface area contributed by atoms with Gasteiger partial charge in [0.05, 0.1) is 31.7 Å². The highest BCUT2D eigenvalue weighted by molar-refractivity contribution is 7.71. The Kier molecular flexibility index (Phi) is 4.52. The van der Waals surface area contributed by atoms with E-state index in [0.717, 1.165) is 49.1 Å². The Morgan fingerprint density at radius 1 is 1.12 bits per heavy atom. The summed E-state index contributed by atoms with van der Waals surface area (Å²) >= 11 is 5.76. The molecule has 0 bridgehead atoms. The zero-order valence-corrected chi connectivity index (χ0v) is 14.9. The van der Waals surface area contributed by atoms with Crippen LogP contribution in [0.15, 0.2) is 47.1 Å². The van der Waals surface area contributed by atoms with Crippen LogP contribution in [0.2, 0.25) is 0 Å². The summed E-state index contributed by atoms with van der Waals surface area (Å²) in [7, 11) is 0. The topological polar surface area (TPSA) is 48.4 Å². The molecule has 1 aromatic carbocycles. The van der Waals surface area contributed by atoms with Crippen molar-refractivity contribution in [1.82, 2.24) is 19.2 Å². The molecule has 0 radical (unpaired) electrons. The van der Waals surface area contributed by atoms with Gasteiger partial charge in [0.15, 0.2) is 5.82 Å². The summed E-state index contributed by atoms with van der Waals surface area (Å²) in [4.78, 5) is 2.30. The lowest BCUT2D eigenvalue weighted by molar-refractivity contribution is 0.0210. The average Bonchev–Trinajstić information content (AvgIpc) is 3.20. The first kappa shape index (κ1) is 16.3. The first-order valence-electron chi connectivity index (χ1n) is 8.34. The first-order valence-corrected chi connectivity index (χ1v) is 8.75. The minimum absolute atomic E-state index is 0.659. The van der Waals surface area contributed by atoms with Crippen molar-refractivity contribution in [3.05, 3.63) is 53.2 Å². The lowest BCUT2D eigenvalue weighted by atomic mass is 10.2. The van der Waals surface area contributed by atoms with Crippen LogP contribution in [0.1, 0.15) is 5.76 Å². The highest BCUT2D eigenvalue weighted by Gasteiger charge is 2.19. The molecular weight excluding hydrogens is 336 g/mol. The monoisotopic (exact) mass is 356 g/mol. The highest BCUT2D eigenvalue weighted by Crippen LogP contribution is 2.26. The lowest BCUT2D eigenvalue weighted by Crippen LogP contribution is -2.37. The third kappa shape index (κ3) is 3.18. The van der Waals surface area contributed by atoms with Crippen LogP contribution in [0, 0.1) is 11.7 Å². The molecule has 2 aromatic heterocycles. The normalized spacial score (nSPS) is 15.6. The second kappa shape index (κ2) is 6.95. The number of hydrogen-bond acceptors (Lipinski definition) is 5. The lowest BCUT2D eigenvalue weighted by Gasteiger charge is -2.26. The number of hydrogen-bond donors (Lipinski definition) is 0. The van der Waals surface area contributed by atoms with Gasteiger partial charge in [-0.3, -0.25) is 9.47 Å². The van der Waals surface area contributed by atoms with Gasteiger partial charge in [0.1, 0.15) is 5.76 Å². The molecule has 0 aliphatic carbocycles.